The number of halogens is 3. The van der Waals surface area contributed by atoms with Crippen molar-refractivity contribution in [3.8, 4) is 5.75 Å². The van der Waals surface area contributed by atoms with Gasteiger partial charge in [-0.05, 0) is 30.2 Å². The van der Waals surface area contributed by atoms with Crippen molar-refractivity contribution >= 4 is 5.96 Å². The highest BCUT2D eigenvalue weighted by atomic mass is 19.4. The number of para-hydroxylation sites is 1. The Morgan fingerprint density at radius 3 is 2.28 bits per heavy atom. The van der Waals surface area contributed by atoms with Crippen LogP contribution in [0, 0.1) is 0 Å². The molecule has 0 aromatic heterocycles. The Bertz CT molecular complexity index is 750. The predicted molar refractivity (Wildman–Crippen MR) is 107 cm³/mol. The van der Waals surface area contributed by atoms with E-state index in [2.05, 4.69) is 20.4 Å². The van der Waals surface area contributed by atoms with Gasteiger partial charge in [0.1, 0.15) is 18.5 Å². The fourth-order valence-electron chi connectivity index (χ4n) is 2.46. The smallest absolute Gasteiger partial charge is 0.411 e. The summed E-state index contributed by atoms with van der Waals surface area (Å²) in [6.45, 7) is 1.74. The minimum Gasteiger partial charge on any atom is -0.489 e. The highest BCUT2D eigenvalue weighted by molar-refractivity contribution is 5.79. The van der Waals surface area contributed by atoms with Crippen molar-refractivity contribution in [2.45, 2.75) is 32.4 Å². The Labute approximate surface area is 168 Å². The lowest BCUT2D eigenvalue weighted by Gasteiger charge is -2.18. The standard InChI is InChI=1S/C21H26F3N3O2/c1-16(29-19-6-4-3-5-7-19)12-26-20(25-2)27-13-17-8-10-18(11-9-17)14-28-15-21(22,23)24/h3-11,16H,12-15H2,1-2H3,(H2,25,26,27). The summed E-state index contributed by atoms with van der Waals surface area (Å²) in [4.78, 5) is 4.18. The van der Waals surface area contributed by atoms with Gasteiger partial charge in [0.25, 0.3) is 0 Å². The average molecular weight is 409 g/mol. The third-order valence-corrected chi connectivity index (χ3v) is 3.88. The van der Waals surface area contributed by atoms with E-state index in [-0.39, 0.29) is 12.7 Å². The van der Waals surface area contributed by atoms with Crippen LogP contribution in [-0.2, 0) is 17.9 Å². The summed E-state index contributed by atoms with van der Waals surface area (Å²) < 4.78 is 46.8. The number of ether oxygens (including phenoxy) is 2. The molecule has 5 nitrogen and oxygen atoms in total. The molecule has 158 valence electrons. The quantitative estimate of drug-likeness (QED) is 0.487. The summed E-state index contributed by atoms with van der Waals surface area (Å²) in [6, 6.07) is 16.8. The maximum absolute atomic E-state index is 12.1. The van der Waals surface area contributed by atoms with Crippen LogP contribution in [0.2, 0.25) is 0 Å². The van der Waals surface area contributed by atoms with Gasteiger partial charge in [-0.1, -0.05) is 42.5 Å². The van der Waals surface area contributed by atoms with Crippen molar-refractivity contribution in [3.63, 3.8) is 0 Å². The first-order chi connectivity index (χ1) is 13.9. The number of nitrogens with one attached hydrogen (secondary N) is 2. The number of benzene rings is 2. The lowest BCUT2D eigenvalue weighted by Crippen LogP contribution is -2.41. The van der Waals surface area contributed by atoms with Crippen LogP contribution in [0.5, 0.6) is 5.75 Å². The van der Waals surface area contributed by atoms with E-state index in [4.69, 9.17) is 4.74 Å². The van der Waals surface area contributed by atoms with Gasteiger partial charge in [-0.25, -0.2) is 0 Å². The van der Waals surface area contributed by atoms with Gasteiger partial charge < -0.3 is 20.1 Å². The molecule has 0 fully saturated rings. The number of hydrogen-bond acceptors (Lipinski definition) is 3. The van der Waals surface area contributed by atoms with Crippen LogP contribution < -0.4 is 15.4 Å². The van der Waals surface area contributed by atoms with Gasteiger partial charge in [0.05, 0.1) is 13.2 Å². The van der Waals surface area contributed by atoms with Crippen molar-refractivity contribution < 1.29 is 22.6 Å². The second kappa shape index (κ2) is 11.3. The molecule has 0 heterocycles. The van der Waals surface area contributed by atoms with Crippen molar-refractivity contribution in [2.24, 2.45) is 4.99 Å². The largest absolute Gasteiger partial charge is 0.489 e. The molecule has 0 aliphatic heterocycles. The van der Waals surface area contributed by atoms with Gasteiger partial charge >= 0.3 is 6.18 Å². The van der Waals surface area contributed by atoms with E-state index < -0.39 is 12.8 Å². The van der Waals surface area contributed by atoms with Crippen LogP contribution in [-0.4, -0.2) is 38.4 Å². The molecule has 0 spiro atoms. The van der Waals surface area contributed by atoms with Crippen LogP contribution in [0.1, 0.15) is 18.1 Å². The third kappa shape index (κ3) is 9.34. The van der Waals surface area contributed by atoms with Crippen LogP contribution in [0.25, 0.3) is 0 Å². The van der Waals surface area contributed by atoms with E-state index in [0.717, 1.165) is 11.3 Å². The number of rotatable bonds is 9. The molecule has 2 aromatic rings. The second-order valence-electron chi connectivity index (χ2n) is 6.47. The number of nitrogens with zero attached hydrogens (tertiary/aromatic N) is 1. The zero-order valence-corrected chi connectivity index (χ0v) is 16.5. The van der Waals surface area contributed by atoms with Crippen LogP contribution in [0.4, 0.5) is 13.2 Å². The van der Waals surface area contributed by atoms with E-state index in [1.807, 2.05) is 49.4 Å². The van der Waals surface area contributed by atoms with Crippen LogP contribution in [0.15, 0.2) is 59.6 Å². The molecule has 0 radical (unpaired) electrons. The van der Waals surface area contributed by atoms with E-state index in [9.17, 15) is 13.2 Å². The molecule has 29 heavy (non-hydrogen) atoms. The van der Waals surface area contributed by atoms with Crippen molar-refractivity contribution in [2.75, 3.05) is 20.2 Å². The molecule has 2 N–H and O–H groups in total. The Morgan fingerprint density at radius 2 is 1.66 bits per heavy atom. The normalized spacial score (nSPS) is 13.1. The Balaban J connectivity index is 1.71. The summed E-state index contributed by atoms with van der Waals surface area (Å²) in [5.41, 5.74) is 1.66. The molecule has 0 bridgehead atoms. The minimum atomic E-state index is -4.31. The fourth-order valence-corrected chi connectivity index (χ4v) is 2.46. The van der Waals surface area contributed by atoms with E-state index in [1.165, 1.54) is 0 Å². The maximum Gasteiger partial charge on any atom is 0.411 e. The van der Waals surface area contributed by atoms with Crippen molar-refractivity contribution in [3.05, 3.63) is 65.7 Å². The molecule has 0 saturated carbocycles. The Morgan fingerprint density at radius 1 is 1.00 bits per heavy atom. The molecule has 0 aliphatic carbocycles. The van der Waals surface area contributed by atoms with Gasteiger partial charge in [0, 0.05) is 13.6 Å². The van der Waals surface area contributed by atoms with E-state index in [0.29, 0.717) is 24.6 Å². The molecule has 0 aliphatic rings. The van der Waals surface area contributed by atoms with Gasteiger partial charge in [0.2, 0.25) is 0 Å². The molecule has 0 saturated heterocycles. The predicted octanol–water partition coefficient (Wildman–Crippen LogP) is 3.90. The molecule has 0 amide bonds. The summed E-state index contributed by atoms with van der Waals surface area (Å²) in [5.74, 6) is 1.44. The molecule has 1 unspecified atom stereocenters. The number of aliphatic imine (C=N–C) groups is 1. The highest BCUT2D eigenvalue weighted by Gasteiger charge is 2.27. The summed E-state index contributed by atoms with van der Waals surface area (Å²) in [6.07, 6.45) is -4.36. The zero-order valence-electron chi connectivity index (χ0n) is 16.5. The first kappa shape index (κ1) is 22.5. The van der Waals surface area contributed by atoms with Gasteiger partial charge in [0.15, 0.2) is 5.96 Å². The molecular formula is C21H26F3N3O2. The van der Waals surface area contributed by atoms with E-state index >= 15 is 0 Å². The summed E-state index contributed by atoms with van der Waals surface area (Å²) in [7, 11) is 1.68. The highest BCUT2D eigenvalue weighted by Crippen LogP contribution is 2.16. The maximum atomic E-state index is 12.1. The van der Waals surface area contributed by atoms with Gasteiger partial charge in [-0.2, -0.15) is 13.2 Å². The number of guanidine groups is 1. The van der Waals surface area contributed by atoms with Crippen LogP contribution in [0.3, 0.4) is 0 Å². The lowest BCUT2D eigenvalue weighted by molar-refractivity contribution is -0.176. The molecule has 8 heteroatoms. The minimum absolute atomic E-state index is 0.0491. The zero-order chi connectivity index (χ0) is 21.1. The van der Waals surface area contributed by atoms with Crippen molar-refractivity contribution in [1.82, 2.24) is 10.6 Å². The first-order valence-corrected chi connectivity index (χ1v) is 9.24. The van der Waals surface area contributed by atoms with E-state index in [1.54, 1.807) is 19.2 Å². The van der Waals surface area contributed by atoms with Gasteiger partial charge in [-0.15, -0.1) is 0 Å². The SMILES string of the molecule is CN=C(NCc1ccc(COCC(F)(F)F)cc1)NCC(C)Oc1ccccc1. The Hall–Kier alpha value is -2.74. The second-order valence-corrected chi connectivity index (χ2v) is 6.47. The molecule has 2 aromatic carbocycles. The third-order valence-electron chi connectivity index (χ3n) is 3.88. The van der Waals surface area contributed by atoms with Crippen molar-refractivity contribution in [1.29, 1.82) is 0 Å². The average Bonchev–Trinajstić information content (AvgIpc) is 2.69. The van der Waals surface area contributed by atoms with Gasteiger partial charge in [-0.3, -0.25) is 4.99 Å². The summed E-state index contributed by atoms with van der Waals surface area (Å²) >= 11 is 0. The number of hydrogen-bond donors (Lipinski definition) is 2. The summed E-state index contributed by atoms with van der Waals surface area (Å²) in [5, 5.41) is 6.39. The first-order valence-electron chi connectivity index (χ1n) is 9.24. The monoisotopic (exact) mass is 409 g/mol. The fraction of sp³-hybridized carbons (Fsp3) is 0.381. The number of alkyl halides is 3. The van der Waals surface area contributed by atoms with Crippen LogP contribution >= 0.6 is 0 Å². The Kier molecular flexibility index (Phi) is 8.79. The molecular weight excluding hydrogens is 383 g/mol. The molecule has 1 atom stereocenters. The topological polar surface area (TPSA) is 54.9 Å². The molecule has 2 rings (SSSR count). The lowest BCUT2D eigenvalue weighted by atomic mass is 10.1.